The number of hydrogen-bond acceptors (Lipinski definition) is 3. The highest BCUT2D eigenvalue weighted by Gasteiger charge is 2.35. The molecule has 2 unspecified atom stereocenters. The molecule has 2 heterocycles. The van der Waals surface area contributed by atoms with Crippen molar-refractivity contribution in [2.75, 3.05) is 18.4 Å². The topological polar surface area (TPSA) is 67.6 Å². The number of urea groups is 1. The molecule has 0 aliphatic carbocycles. The summed E-state index contributed by atoms with van der Waals surface area (Å²) < 4.78 is 5.73. The summed E-state index contributed by atoms with van der Waals surface area (Å²) in [5.41, 5.74) is 7.41. The van der Waals surface area contributed by atoms with Gasteiger partial charge in [-0.05, 0) is 30.5 Å². The van der Waals surface area contributed by atoms with Crippen LogP contribution in [0.3, 0.4) is 0 Å². The number of rotatable bonds is 2. The number of nitrogens with zero attached hydrogens (tertiary/aromatic N) is 1. The molecule has 3 N–H and O–H groups in total. The van der Waals surface area contributed by atoms with Gasteiger partial charge in [0.05, 0.1) is 12.2 Å². The number of nitrogens with two attached hydrogens (primary N) is 1. The van der Waals surface area contributed by atoms with Gasteiger partial charge in [0, 0.05) is 25.3 Å². The Kier molecular flexibility index (Phi) is 3.40. The van der Waals surface area contributed by atoms with E-state index in [9.17, 15) is 4.79 Å². The molecule has 102 valence electrons. The van der Waals surface area contributed by atoms with Gasteiger partial charge in [-0.25, -0.2) is 4.79 Å². The van der Waals surface area contributed by atoms with Crippen molar-refractivity contribution in [1.82, 2.24) is 4.90 Å². The minimum atomic E-state index is -0.0469. The lowest BCUT2D eigenvalue weighted by Crippen LogP contribution is -2.47. The molecule has 0 saturated carbocycles. The quantitative estimate of drug-likeness (QED) is 0.848. The van der Waals surface area contributed by atoms with E-state index in [1.54, 1.807) is 0 Å². The average molecular weight is 261 g/mol. The van der Waals surface area contributed by atoms with Crippen LogP contribution in [0.15, 0.2) is 24.3 Å². The summed E-state index contributed by atoms with van der Waals surface area (Å²) in [7, 11) is 0. The van der Waals surface area contributed by atoms with E-state index in [1.807, 2.05) is 29.2 Å². The van der Waals surface area contributed by atoms with Crippen LogP contribution in [0.25, 0.3) is 0 Å². The zero-order chi connectivity index (χ0) is 13.2. The van der Waals surface area contributed by atoms with E-state index in [-0.39, 0.29) is 18.2 Å². The average Bonchev–Trinajstić information content (AvgIpc) is 2.77. The standard InChI is InChI=1S/C14H19N3O2/c15-7-10-2-1-3-11(6-10)16-14(18)17-8-12-4-5-13(9-17)19-12/h1-3,6,12-13H,4-5,7-9,15H2,(H,16,18). The van der Waals surface area contributed by atoms with Crippen LogP contribution >= 0.6 is 0 Å². The van der Waals surface area contributed by atoms with E-state index in [0.717, 1.165) is 24.1 Å². The molecule has 2 amide bonds. The normalized spacial score (nSPS) is 25.4. The molecule has 2 aliphatic heterocycles. The molecule has 2 aliphatic rings. The summed E-state index contributed by atoms with van der Waals surface area (Å²) in [6.45, 7) is 1.86. The number of benzene rings is 1. The maximum absolute atomic E-state index is 12.2. The zero-order valence-corrected chi connectivity index (χ0v) is 10.8. The molecule has 0 aromatic heterocycles. The van der Waals surface area contributed by atoms with E-state index in [4.69, 9.17) is 10.5 Å². The Labute approximate surface area is 112 Å². The fourth-order valence-corrected chi connectivity index (χ4v) is 2.76. The number of hydrogen-bond donors (Lipinski definition) is 2. The van der Waals surface area contributed by atoms with Crippen LogP contribution in [0.1, 0.15) is 18.4 Å². The highest BCUT2D eigenvalue weighted by molar-refractivity contribution is 5.89. The third kappa shape index (κ3) is 2.72. The highest BCUT2D eigenvalue weighted by Crippen LogP contribution is 2.26. The van der Waals surface area contributed by atoms with E-state index >= 15 is 0 Å². The summed E-state index contributed by atoms with van der Waals surface area (Å²) in [6, 6.07) is 7.60. The van der Waals surface area contributed by atoms with Crippen LogP contribution in [0.5, 0.6) is 0 Å². The minimum absolute atomic E-state index is 0.0469. The predicted octanol–water partition coefficient (Wildman–Crippen LogP) is 1.54. The summed E-state index contributed by atoms with van der Waals surface area (Å²) in [4.78, 5) is 14.1. The van der Waals surface area contributed by atoms with Gasteiger partial charge in [0.2, 0.25) is 0 Å². The van der Waals surface area contributed by atoms with Gasteiger partial charge in [-0.3, -0.25) is 0 Å². The maximum atomic E-state index is 12.2. The van der Waals surface area contributed by atoms with E-state index in [0.29, 0.717) is 19.6 Å². The first-order valence-electron chi connectivity index (χ1n) is 6.75. The number of anilines is 1. The van der Waals surface area contributed by atoms with Gasteiger partial charge >= 0.3 is 6.03 Å². The summed E-state index contributed by atoms with van der Waals surface area (Å²) >= 11 is 0. The van der Waals surface area contributed by atoms with Crippen LogP contribution in [0.2, 0.25) is 0 Å². The highest BCUT2D eigenvalue weighted by atomic mass is 16.5. The van der Waals surface area contributed by atoms with Crippen LogP contribution in [-0.4, -0.2) is 36.2 Å². The molecular weight excluding hydrogens is 242 g/mol. The fraction of sp³-hybridized carbons (Fsp3) is 0.500. The maximum Gasteiger partial charge on any atom is 0.322 e. The number of carbonyl (C=O) groups is 1. The number of fused-ring (bicyclic) bond motifs is 2. The van der Waals surface area contributed by atoms with Crippen molar-refractivity contribution in [1.29, 1.82) is 0 Å². The molecule has 2 bridgehead atoms. The fourth-order valence-electron chi connectivity index (χ4n) is 2.76. The first kappa shape index (κ1) is 12.4. The third-order valence-electron chi connectivity index (χ3n) is 3.74. The van der Waals surface area contributed by atoms with E-state index in [2.05, 4.69) is 5.32 Å². The number of amides is 2. The molecule has 0 spiro atoms. The number of carbonyl (C=O) groups excluding carboxylic acids is 1. The monoisotopic (exact) mass is 261 g/mol. The van der Waals surface area contributed by atoms with Crippen molar-refractivity contribution in [3.63, 3.8) is 0 Å². The number of likely N-dealkylation sites (tertiary alicyclic amines) is 1. The van der Waals surface area contributed by atoms with Crippen molar-refractivity contribution in [3.8, 4) is 0 Å². The molecule has 5 heteroatoms. The van der Waals surface area contributed by atoms with Crippen LogP contribution in [-0.2, 0) is 11.3 Å². The molecular formula is C14H19N3O2. The van der Waals surface area contributed by atoms with Crippen molar-refractivity contribution >= 4 is 11.7 Å². The Hall–Kier alpha value is -1.59. The second kappa shape index (κ2) is 5.19. The molecule has 0 radical (unpaired) electrons. The lowest BCUT2D eigenvalue weighted by atomic mass is 10.2. The predicted molar refractivity (Wildman–Crippen MR) is 72.8 cm³/mol. The molecule has 5 nitrogen and oxygen atoms in total. The van der Waals surface area contributed by atoms with E-state index in [1.165, 1.54) is 0 Å². The van der Waals surface area contributed by atoms with Gasteiger partial charge < -0.3 is 20.7 Å². The number of ether oxygens (including phenoxy) is 1. The van der Waals surface area contributed by atoms with Crippen LogP contribution in [0.4, 0.5) is 10.5 Å². The van der Waals surface area contributed by atoms with E-state index < -0.39 is 0 Å². The lowest BCUT2D eigenvalue weighted by Gasteiger charge is -2.32. The first-order valence-corrected chi connectivity index (χ1v) is 6.75. The minimum Gasteiger partial charge on any atom is -0.371 e. The second-order valence-electron chi connectivity index (χ2n) is 5.20. The van der Waals surface area contributed by atoms with Crippen molar-refractivity contribution in [2.24, 2.45) is 5.73 Å². The van der Waals surface area contributed by atoms with Crippen molar-refractivity contribution in [2.45, 2.75) is 31.6 Å². The van der Waals surface area contributed by atoms with Gasteiger partial charge in [0.25, 0.3) is 0 Å². The molecule has 1 aromatic carbocycles. The van der Waals surface area contributed by atoms with Gasteiger partial charge in [-0.15, -0.1) is 0 Å². The summed E-state index contributed by atoms with van der Waals surface area (Å²) in [5, 5.41) is 2.93. The lowest BCUT2D eigenvalue weighted by molar-refractivity contribution is -0.0219. The van der Waals surface area contributed by atoms with Crippen LogP contribution in [0, 0.1) is 0 Å². The van der Waals surface area contributed by atoms with Crippen molar-refractivity contribution < 1.29 is 9.53 Å². The Balaban J connectivity index is 1.64. The summed E-state index contributed by atoms with van der Waals surface area (Å²) in [5.74, 6) is 0. The Bertz CT molecular complexity index is 466. The molecule has 1 aromatic rings. The third-order valence-corrected chi connectivity index (χ3v) is 3.74. The largest absolute Gasteiger partial charge is 0.371 e. The first-order chi connectivity index (χ1) is 9.24. The molecule has 2 saturated heterocycles. The smallest absolute Gasteiger partial charge is 0.322 e. The number of morpholine rings is 1. The second-order valence-corrected chi connectivity index (χ2v) is 5.20. The van der Waals surface area contributed by atoms with Gasteiger partial charge in [-0.2, -0.15) is 0 Å². The number of nitrogens with one attached hydrogen (secondary N) is 1. The van der Waals surface area contributed by atoms with Gasteiger partial charge in [0.1, 0.15) is 0 Å². The molecule has 2 fully saturated rings. The SMILES string of the molecule is NCc1cccc(NC(=O)N2CC3CCC(C2)O3)c1. The van der Waals surface area contributed by atoms with Gasteiger partial charge in [-0.1, -0.05) is 12.1 Å². The molecule has 3 rings (SSSR count). The van der Waals surface area contributed by atoms with Gasteiger partial charge in [0.15, 0.2) is 0 Å². The van der Waals surface area contributed by atoms with Crippen LogP contribution < -0.4 is 11.1 Å². The molecule has 19 heavy (non-hydrogen) atoms. The zero-order valence-electron chi connectivity index (χ0n) is 10.8. The Morgan fingerprint density at radius 1 is 1.37 bits per heavy atom. The van der Waals surface area contributed by atoms with Crippen molar-refractivity contribution in [3.05, 3.63) is 29.8 Å². The summed E-state index contributed by atoms with van der Waals surface area (Å²) in [6.07, 6.45) is 2.58. The molecule has 2 atom stereocenters. The Morgan fingerprint density at radius 3 is 2.79 bits per heavy atom. The Morgan fingerprint density at radius 2 is 2.11 bits per heavy atom.